The van der Waals surface area contributed by atoms with Crippen molar-refractivity contribution in [3.8, 4) is 11.1 Å². The predicted molar refractivity (Wildman–Crippen MR) is 70.7 cm³/mol. The zero-order valence-electron chi connectivity index (χ0n) is 10.1. The van der Waals surface area contributed by atoms with Crippen molar-refractivity contribution in [1.82, 2.24) is 4.98 Å². The van der Waals surface area contributed by atoms with Crippen molar-refractivity contribution in [3.05, 3.63) is 47.5 Å². The Labute approximate surface area is 106 Å². The Morgan fingerprint density at radius 3 is 2.83 bits per heavy atom. The summed E-state index contributed by atoms with van der Waals surface area (Å²) in [4.78, 5) is 4.46. The zero-order valence-corrected chi connectivity index (χ0v) is 10.1. The lowest BCUT2D eigenvalue weighted by Crippen LogP contribution is -2.05. The van der Waals surface area contributed by atoms with Crippen molar-refractivity contribution in [2.45, 2.75) is 25.7 Å². The second-order valence-corrected chi connectivity index (χ2v) is 4.74. The minimum Gasteiger partial charge on any atom is -0.398 e. The highest BCUT2D eigenvalue weighted by Crippen LogP contribution is 2.31. The second kappa shape index (κ2) is 4.41. The van der Waals surface area contributed by atoms with Gasteiger partial charge in [-0.3, -0.25) is 4.98 Å². The van der Waals surface area contributed by atoms with Crippen molar-refractivity contribution in [2.75, 3.05) is 5.73 Å². The van der Waals surface area contributed by atoms with Gasteiger partial charge in [0, 0.05) is 28.7 Å². The van der Waals surface area contributed by atoms with Gasteiger partial charge in [-0.2, -0.15) is 0 Å². The van der Waals surface area contributed by atoms with E-state index in [2.05, 4.69) is 4.98 Å². The van der Waals surface area contributed by atoms with Gasteiger partial charge in [-0.05, 0) is 49.4 Å². The summed E-state index contributed by atoms with van der Waals surface area (Å²) in [6.07, 6.45) is 6.18. The Hall–Kier alpha value is -1.90. The molecule has 1 aliphatic carbocycles. The Morgan fingerprint density at radius 1 is 1.17 bits per heavy atom. The van der Waals surface area contributed by atoms with Crippen LogP contribution in [0.15, 0.2) is 30.5 Å². The van der Waals surface area contributed by atoms with Crippen LogP contribution >= 0.6 is 0 Å². The quantitative estimate of drug-likeness (QED) is 0.779. The number of hydrogen-bond acceptors (Lipinski definition) is 2. The molecule has 92 valence electrons. The molecule has 0 bridgehead atoms. The monoisotopic (exact) mass is 242 g/mol. The summed E-state index contributed by atoms with van der Waals surface area (Å²) in [5, 5.41) is 0. The van der Waals surface area contributed by atoms with E-state index in [1.54, 1.807) is 18.3 Å². The lowest BCUT2D eigenvalue weighted by Gasteiger charge is -2.16. The lowest BCUT2D eigenvalue weighted by atomic mass is 9.93. The van der Waals surface area contributed by atoms with Crippen molar-refractivity contribution in [1.29, 1.82) is 0 Å². The SMILES string of the molecule is Nc1cccc(F)c1-c1cnc2c(c1)CCCC2. The van der Waals surface area contributed by atoms with Crippen LogP contribution in [0.25, 0.3) is 11.1 Å². The third-order valence-electron chi connectivity index (χ3n) is 3.50. The van der Waals surface area contributed by atoms with Crippen molar-refractivity contribution < 1.29 is 4.39 Å². The first-order valence-corrected chi connectivity index (χ1v) is 6.28. The molecule has 2 nitrogen and oxygen atoms in total. The lowest BCUT2D eigenvalue weighted by molar-refractivity contribution is 0.631. The molecule has 1 heterocycles. The molecule has 0 saturated heterocycles. The van der Waals surface area contributed by atoms with E-state index in [-0.39, 0.29) is 5.82 Å². The maximum absolute atomic E-state index is 13.9. The first-order chi connectivity index (χ1) is 8.75. The van der Waals surface area contributed by atoms with Gasteiger partial charge in [0.25, 0.3) is 0 Å². The molecule has 0 saturated carbocycles. The molecule has 1 aliphatic rings. The maximum atomic E-state index is 13.9. The van der Waals surface area contributed by atoms with E-state index in [1.807, 2.05) is 6.07 Å². The van der Waals surface area contributed by atoms with E-state index in [0.717, 1.165) is 24.1 Å². The molecule has 0 amide bonds. The normalized spacial score (nSPS) is 14.3. The first kappa shape index (κ1) is 11.2. The molecule has 0 unspecified atom stereocenters. The Kier molecular flexibility index (Phi) is 2.74. The van der Waals surface area contributed by atoms with E-state index in [0.29, 0.717) is 11.3 Å². The van der Waals surface area contributed by atoms with Gasteiger partial charge >= 0.3 is 0 Å². The van der Waals surface area contributed by atoms with Crippen molar-refractivity contribution in [3.63, 3.8) is 0 Å². The van der Waals surface area contributed by atoms with Gasteiger partial charge in [-0.1, -0.05) is 6.07 Å². The van der Waals surface area contributed by atoms with E-state index >= 15 is 0 Å². The van der Waals surface area contributed by atoms with E-state index in [1.165, 1.54) is 24.5 Å². The molecule has 1 aromatic heterocycles. The van der Waals surface area contributed by atoms with Gasteiger partial charge < -0.3 is 5.73 Å². The van der Waals surface area contributed by atoms with Crippen LogP contribution in [0.5, 0.6) is 0 Å². The number of anilines is 1. The fraction of sp³-hybridized carbons (Fsp3) is 0.267. The van der Waals surface area contributed by atoms with Crippen LogP contribution in [0, 0.1) is 5.82 Å². The maximum Gasteiger partial charge on any atom is 0.133 e. The van der Waals surface area contributed by atoms with Gasteiger partial charge in [0.05, 0.1) is 0 Å². The number of pyridine rings is 1. The number of fused-ring (bicyclic) bond motifs is 1. The summed E-state index contributed by atoms with van der Waals surface area (Å²) in [6, 6.07) is 6.82. The fourth-order valence-corrected chi connectivity index (χ4v) is 2.57. The third-order valence-corrected chi connectivity index (χ3v) is 3.50. The van der Waals surface area contributed by atoms with Crippen LogP contribution in [0.3, 0.4) is 0 Å². The minimum atomic E-state index is -0.285. The number of halogens is 1. The number of hydrogen-bond donors (Lipinski definition) is 1. The fourth-order valence-electron chi connectivity index (χ4n) is 2.57. The highest BCUT2D eigenvalue weighted by molar-refractivity contribution is 5.76. The number of nitrogens with zero attached hydrogens (tertiary/aromatic N) is 1. The average molecular weight is 242 g/mol. The summed E-state index contributed by atoms with van der Waals surface area (Å²) in [5.74, 6) is -0.285. The molecule has 2 aromatic rings. The molecular weight excluding hydrogens is 227 g/mol. The van der Waals surface area contributed by atoms with Gasteiger partial charge in [-0.25, -0.2) is 4.39 Å². The molecule has 18 heavy (non-hydrogen) atoms. The molecule has 0 atom stereocenters. The largest absolute Gasteiger partial charge is 0.398 e. The topological polar surface area (TPSA) is 38.9 Å². The van der Waals surface area contributed by atoms with Gasteiger partial charge in [0.15, 0.2) is 0 Å². The van der Waals surface area contributed by atoms with Crippen molar-refractivity contribution in [2.24, 2.45) is 0 Å². The van der Waals surface area contributed by atoms with Gasteiger partial charge in [0.2, 0.25) is 0 Å². The number of nitrogens with two attached hydrogens (primary N) is 1. The minimum absolute atomic E-state index is 0.285. The zero-order chi connectivity index (χ0) is 12.5. The molecule has 0 fully saturated rings. The Morgan fingerprint density at radius 2 is 2.00 bits per heavy atom. The summed E-state index contributed by atoms with van der Waals surface area (Å²) in [6.45, 7) is 0. The van der Waals surface area contributed by atoms with E-state index in [9.17, 15) is 4.39 Å². The molecule has 2 N–H and O–H groups in total. The average Bonchev–Trinajstić information content (AvgIpc) is 2.38. The van der Waals surface area contributed by atoms with E-state index in [4.69, 9.17) is 5.73 Å². The van der Waals surface area contributed by atoms with Gasteiger partial charge in [0.1, 0.15) is 5.82 Å². The highest BCUT2D eigenvalue weighted by Gasteiger charge is 2.14. The number of nitrogen functional groups attached to an aromatic ring is 1. The summed E-state index contributed by atoms with van der Waals surface area (Å²) in [5.41, 5.74) is 9.97. The molecule has 0 spiro atoms. The van der Waals surface area contributed by atoms with Crippen LogP contribution in [0.4, 0.5) is 10.1 Å². The third kappa shape index (κ3) is 1.86. The second-order valence-electron chi connectivity index (χ2n) is 4.74. The highest BCUT2D eigenvalue weighted by atomic mass is 19.1. The molecule has 3 rings (SSSR count). The standard InChI is InChI=1S/C15H15FN2/c16-12-5-3-6-13(17)15(12)11-8-10-4-1-2-7-14(10)18-9-11/h3,5-6,8-9H,1-2,4,7,17H2. The van der Waals surface area contributed by atoms with Crippen LogP contribution in [-0.4, -0.2) is 4.98 Å². The Bertz CT molecular complexity index is 573. The van der Waals surface area contributed by atoms with Crippen LogP contribution in [-0.2, 0) is 12.8 Å². The Balaban J connectivity index is 2.12. The molecule has 3 heteroatoms. The predicted octanol–water partition coefficient (Wildman–Crippen LogP) is 3.35. The number of rotatable bonds is 1. The van der Waals surface area contributed by atoms with Crippen LogP contribution in [0.1, 0.15) is 24.1 Å². The molecule has 0 aliphatic heterocycles. The van der Waals surface area contributed by atoms with E-state index < -0.39 is 0 Å². The number of benzene rings is 1. The molecule has 1 aromatic carbocycles. The number of aromatic nitrogens is 1. The molecular formula is C15H15FN2. The van der Waals surface area contributed by atoms with Crippen LogP contribution in [0.2, 0.25) is 0 Å². The first-order valence-electron chi connectivity index (χ1n) is 6.28. The summed E-state index contributed by atoms with van der Waals surface area (Å²) < 4.78 is 13.9. The van der Waals surface area contributed by atoms with Gasteiger partial charge in [-0.15, -0.1) is 0 Å². The summed E-state index contributed by atoms with van der Waals surface area (Å²) >= 11 is 0. The van der Waals surface area contributed by atoms with Crippen molar-refractivity contribution >= 4 is 5.69 Å². The number of aryl methyl sites for hydroxylation is 2. The molecule has 0 radical (unpaired) electrons. The summed E-state index contributed by atoms with van der Waals surface area (Å²) in [7, 11) is 0. The van der Waals surface area contributed by atoms with Crippen LogP contribution < -0.4 is 5.73 Å². The smallest absolute Gasteiger partial charge is 0.133 e.